The van der Waals surface area contributed by atoms with Gasteiger partial charge in [0.25, 0.3) is 0 Å². The molecule has 0 amide bonds. The summed E-state index contributed by atoms with van der Waals surface area (Å²) >= 11 is 0. The van der Waals surface area contributed by atoms with Gasteiger partial charge in [0.15, 0.2) is 0 Å². The first-order valence-corrected chi connectivity index (χ1v) is 4.42. The van der Waals surface area contributed by atoms with Crippen LogP contribution in [0.4, 0.5) is 0 Å². The second kappa shape index (κ2) is 1.99. The van der Waals surface area contributed by atoms with Crippen molar-refractivity contribution in [2.24, 2.45) is 16.7 Å². The molecule has 60 valence electrons. The monoisotopic (exact) mass is 140 g/mol. The Labute approximate surface area is 65.0 Å². The molecule has 0 N–H and O–H groups in total. The minimum absolute atomic E-state index is 0.522. The molecule has 2 atom stereocenters. The number of rotatable bonds is 1. The smallest absolute Gasteiger partial charge is 0.0246 e. The standard InChI is InChI=1S/C10H20/c1-6-8-7-10(8,5)9(2,3)4/h8H,6-7H2,1-5H3/t8-,10+/m1/s1. The molecule has 1 saturated carbocycles. The second-order valence-corrected chi connectivity index (χ2v) is 4.98. The Kier molecular flexibility index (Phi) is 1.61. The molecule has 0 unspecified atom stereocenters. The van der Waals surface area contributed by atoms with E-state index in [4.69, 9.17) is 0 Å². The second-order valence-electron chi connectivity index (χ2n) is 4.98. The minimum atomic E-state index is 0.522. The highest BCUT2D eigenvalue weighted by molar-refractivity contribution is 5.04. The molecule has 10 heavy (non-hydrogen) atoms. The van der Waals surface area contributed by atoms with Crippen LogP contribution >= 0.6 is 0 Å². The van der Waals surface area contributed by atoms with Crippen molar-refractivity contribution >= 4 is 0 Å². The van der Waals surface area contributed by atoms with Crippen molar-refractivity contribution in [1.29, 1.82) is 0 Å². The van der Waals surface area contributed by atoms with Crippen molar-refractivity contribution in [1.82, 2.24) is 0 Å². The molecule has 0 saturated heterocycles. The van der Waals surface area contributed by atoms with Gasteiger partial charge in [0, 0.05) is 0 Å². The van der Waals surface area contributed by atoms with Gasteiger partial charge in [-0.05, 0) is 23.2 Å². The number of hydrogen-bond acceptors (Lipinski definition) is 0. The SMILES string of the molecule is CC[C@@H]1C[C@]1(C)C(C)(C)C. The molecule has 0 aliphatic heterocycles. The lowest BCUT2D eigenvalue weighted by Crippen LogP contribution is -2.20. The highest BCUT2D eigenvalue weighted by atomic mass is 14.6. The van der Waals surface area contributed by atoms with E-state index >= 15 is 0 Å². The van der Waals surface area contributed by atoms with Crippen LogP contribution < -0.4 is 0 Å². The summed E-state index contributed by atoms with van der Waals surface area (Å²) in [6.45, 7) is 11.8. The Balaban J connectivity index is 2.59. The van der Waals surface area contributed by atoms with E-state index in [-0.39, 0.29) is 0 Å². The van der Waals surface area contributed by atoms with E-state index in [9.17, 15) is 0 Å². The van der Waals surface area contributed by atoms with Gasteiger partial charge in [0.05, 0.1) is 0 Å². The van der Waals surface area contributed by atoms with Gasteiger partial charge >= 0.3 is 0 Å². The molecule has 0 aromatic carbocycles. The lowest BCUT2D eigenvalue weighted by molar-refractivity contribution is 0.212. The molecule has 1 fully saturated rings. The van der Waals surface area contributed by atoms with Crippen LogP contribution in [0.25, 0.3) is 0 Å². The van der Waals surface area contributed by atoms with Gasteiger partial charge < -0.3 is 0 Å². The largest absolute Gasteiger partial charge is 0.0651 e. The zero-order chi connectivity index (χ0) is 7.99. The maximum atomic E-state index is 2.43. The normalized spacial score (nSPS) is 39.9. The predicted molar refractivity (Wildman–Crippen MR) is 46.0 cm³/mol. The third-order valence-corrected chi connectivity index (χ3v) is 3.62. The van der Waals surface area contributed by atoms with E-state index < -0.39 is 0 Å². The van der Waals surface area contributed by atoms with Gasteiger partial charge in [-0.2, -0.15) is 0 Å². The lowest BCUT2D eigenvalue weighted by atomic mass is 9.77. The van der Waals surface area contributed by atoms with Crippen LogP contribution in [0, 0.1) is 16.7 Å². The van der Waals surface area contributed by atoms with Crippen LogP contribution in [0.2, 0.25) is 0 Å². The van der Waals surface area contributed by atoms with Crippen molar-refractivity contribution in [3.05, 3.63) is 0 Å². The zero-order valence-corrected chi connectivity index (χ0v) is 7.99. The summed E-state index contributed by atoms with van der Waals surface area (Å²) in [5.74, 6) is 1.01. The van der Waals surface area contributed by atoms with Gasteiger partial charge in [-0.25, -0.2) is 0 Å². The Morgan fingerprint density at radius 2 is 1.90 bits per heavy atom. The molecule has 0 spiro atoms. The van der Waals surface area contributed by atoms with Gasteiger partial charge in [-0.15, -0.1) is 0 Å². The predicted octanol–water partition coefficient (Wildman–Crippen LogP) is 3.47. The maximum absolute atomic E-state index is 2.43. The van der Waals surface area contributed by atoms with E-state index in [1.807, 2.05) is 0 Å². The quantitative estimate of drug-likeness (QED) is 0.523. The Morgan fingerprint density at radius 1 is 1.40 bits per heavy atom. The summed E-state index contributed by atoms with van der Waals surface area (Å²) in [4.78, 5) is 0. The zero-order valence-electron chi connectivity index (χ0n) is 7.99. The van der Waals surface area contributed by atoms with Crippen LogP contribution in [0.1, 0.15) is 47.5 Å². The highest BCUT2D eigenvalue weighted by Crippen LogP contribution is 2.63. The van der Waals surface area contributed by atoms with E-state index in [2.05, 4.69) is 34.6 Å². The molecular formula is C10H20. The summed E-state index contributed by atoms with van der Waals surface area (Å²) in [7, 11) is 0. The van der Waals surface area contributed by atoms with Crippen molar-refractivity contribution < 1.29 is 0 Å². The Morgan fingerprint density at radius 3 is 2.00 bits per heavy atom. The van der Waals surface area contributed by atoms with E-state index in [1.54, 1.807) is 0 Å². The lowest BCUT2D eigenvalue weighted by Gasteiger charge is -2.28. The van der Waals surface area contributed by atoms with Crippen molar-refractivity contribution in [3.8, 4) is 0 Å². The highest BCUT2D eigenvalue weighted by Gasteiger charge is 2.55. The summed E-state index contributed by atoms with van der Waals surface area (Å²) in [6, 6.07) is 0. The first-order chi connectivity index (χ1) is 4.42. The van der Waals surface area contributed by atoms with Gasteiger partial charge in [0.2, 0.25) is 0 Å². The van der Waals surface area contributed by atoms with E-state index in [1.165, 1.54) is 12.8 Å². The maximum Gasteiger partial charge on any atom is -0.0246 e. The molecule has 0 heterocycles. The first-order valence-electron chi connectivity index (χ1n) is 4.42. The topological polar surface area (TPSA) is 0 Å². The van der Waals surface area contributed by atoms with Crippen LogP contribution in [0.3, 0.4) is 0 Å². The van der Waals surface area contributed by atoms with E-state index in [0.29, 0.717) is 10.8 Å². The fourth-order valence-electron chi connectivity index (χ4n) is 1.97. The minimum Gasteiger partial charge on any atom is -0.0651 e. The molecule has 0 aromatic rings. The summed E-state index contributed by atoms with van der Waals surface area (Å²) in [5, 5.41) is 0. The molecular weight excluding hydrogens is 120 g/mol. The third-order valence-electron chi connectivity index (χ3n) is 3.62. The fourth-order valence-corrected chi connectivity index (χ4v) is 1.97. The summed E-state index contributed by atoms with van der Waals surface area (Å²) in [5.41, 5.74) is 1.18. The van der Waals surface area contributed by atoms with Gasteiger partial charge in [0.1, 0.15) is 0 Å². The molecule has 0 heteroatoms. The van der Waals surface area contributed by atoms with Crippen LogP contribution in [-0.2, 0) is 0 Å². The van der Waals surface area contributed by atoms with Crippen LogP contribution in [-0.4, -0.2) is 0 Å². The fraction of sp³-hybridized carbons (Fsp3) is 1.00. The van der Waals surface area contributed by atoms with Gasteiger partial charge in [-0.3, -0.25) is 0 Å². The first kappa shape index (κ1) is 8.10. The van der Waals surface area contributed by atoms with Gasteiger partial charge in [-0.1, -0.05) is 41.0 Å². The molecule has 0 radical (unpaired) electrons. The average molecular weight is 140 g/mol. The number of hydrogen-bond donors (Lipinski definition) is 0. The molecule has 1 rings (SSSR count). The van der Waals surface area contributed by atoms with Crippen LogP contribution in [0.5, 0.6) is 0 Å². The average Bonchev–Trinajstić information content (AvgIpc) is 2.41. The molecule has 1 aliphatic rings. The van der Waals surface area contributed by atoms with Crippen molar-refractivity contribution in [3.63, 3.8) is 0 Å². The molecule has 0 bridgehead atoms. The Bertz CT molecular complexity index is 129. The molecule has 0 aromatic heterocycles. The van der Waals surface area contributed by atoms with Crippen molar-refractivity contribution in [2.75, 3.05) is 0 Å². The van der Waals surface area contributed by atoms with Crippen LogP contribution in [0.15, 0.2) is 0 Å². The summed E-state index contributed by atoms with van der Waals surface area (Å²) < 4.78 is 0. The van der Waals surface area contributed by atoms with E-state index in [0.717, 1.165) is 5.92 Å². The Hall–Kier alpha value is 0. The molecule has 0 nitrogen and oxygen atoms in total. The third kappa shape index (κ3) is 0.980. The van der Waals surface area contributed by atoms with Crippen molar-refractivity contribution in [2.45, 2.75) is 47.5 Å². The summed E-state index contributed by atoms with van der Waals surface area (Å²) in [6.07, 6.45) is 2.82. The molecule has 1 aliphatic carbocycles.